The second kappa shape index (κ2) is 8.23. The van der Waals surface area contributed by atoms with E-state index in [4.69, 9.17) is 15.2 Å². The topological polar surface area (TPSA) is 58.6 Å². The van der Waals surface area contributed by atoms with Crippen LogP contribution in [0.25, 0.3) is 0 Å². The van der Waals surface area contributed by atoms with Crippen LogP contribution in [0.5, 0.6) is 11.5 Å². The Hall–Kier alpha value is -2.53. The van der Waals surface area contributed by atoms with Crippen molar-refractivity contribution in [2.45, 2.75) is 32.3 Å². The Kier molecular flexibility index (Phi) is 5.78. The van der Waals surface area contributed by atoms with Crippen LogP contribution in [0.1, 0.15) is 36.6 Å². The van der Waals surface area contributed by atoms with Crippen molar-refractivity contribution in [3.05, 3.63) is 70.7 Å². The number of ether oxygens (including phenoxy) is 2. The summed E-state index contributed by atoms with van der Waals surface area (Å²) in [6.07, 6.45) is 1.04. The number of hydrogen-bond acceptors (Lipinski definition) is 4. The van der Waals surface area contributed by atoms with Crippen molar-refractivity contribution >= 4 is 16.5 Å². The van der Waals surface area contributed by atoms with Gasteiger partial charge in [0.1, 0.15) is 17.2 Å². The molecule has 26 heavy (non-hydrogen) atoms. The molecule has 1 unspecified atom stereocenters. The molecule has 0 bridgehead atoms. The molecule has 0 radical (unpaired) electrons. The quantitative estimate of drug-likeness (QED) is 0.675. The van der Waals surface area contributed by atoms with Crippen LogP contribution in [-0.4, -0.2) is 13.2 Å². The Morgan fingerprint density at radius 1 is 1.00 bits per heavy atom. The maximum absolute atomic E-state index is 5.93. The number of rotatable bonds is 7. The van der Waals surface area contributed by atoms with Crippen LogP contribution in [0.4, 0.5) is 5.13 Å². The van der Waals surface area contributed by atoms with Gasteiger partial charge in [0.05, 0.1) is 19.1 Å². The lowest BCUT2D eigenvalue weighted by Gasteiger charge is -2.16. The third kappa shape index (κ3) is 4.55. The summed E-state index contributed by atoms with van der Waals surface area (Å²) in [6.45, 7) is 4.06. The second-order valence-corrected chi connectivity index (χ2v) is 7.43. The molecule has 4 nitrogen and oxygen atoms in total. The number of anilines is 1. The molecular weight excluding hydrogens is 344 g/mol. The molecule has 0 aliphatic rings. The number of benzene rings is 2. The normalized spacial score (nSPS) is 12.2. The van der Waals surface area contributed by atoms with Crippen molar-refractivity contribution in [2.75, 3.05) is 12.8 Å². The fourth-order valence-corrected chi connectivity index (χ4v) is 3.61. The van der Waals surface area contributed by atoms with Crippen molar-refractivity contribution < 1.29 is 14.5 Å². The number of nitrogens with one attached hydrogen (secondary N) is 1. The molecule has 0 fully saturated rings. The number of nitrogen functional groups attached to an aromatic ring is 1. The van der Waals surface area contributed by atoms with E-state index in [0.29, 0.717) is 0 Å². The molecule has 0 amide bonds. The van der Waals surface area contributed by atoms with Gasteiger partial charge in [0.2, 0.25) is 0 Å². The molecule has 5 heteroatoms. The first-order valence-corrected chi connectivity index (χ1v) is 9.59. The van der Waals surface area contributed by atoms with Gasteiger partial charge >= 0.3 is 5.13 Å². The SMILES string of the molecule is COc1ccc(CC(c2ccc(OC(C)C)cc2)c2csc(N)[nH+]2)cc1. The highest BCUT2D eigenvalue weighted by Gasteiger charge is 2.20. The lowest BCUT2D eigenvalue weighted by Crippen LogP contribution is -2.17. The maximum atomic E-state index is 5.93. The zero-order chi connectivity index (χ0) is 18.5. The summed E-state index contributed by atoms with van der Waals surface area (Å²) in [5.74, 6) is 1.96. The number of hydrogen-bond donors (Lipinski definition) is 1. The molecule has 1 aromatic heterocycles. The van der Waals surface area contributed by atoms with Gasteiger partial charge in [-0.1, -0.05) is 35.6 Å². The van der Waals surface area contributed by atoms with E-state index in [1.54, 1.807) is 7.11 Å². The van der Waals surface area contributed by atoms with Crippen molar-refractivity contribution in [1.82, 2.24) is 0 Å². The van der Waals surface area contributed by atoms with Crippen LogP contribution in [0.3, 0.4) is 0 Å². The van der Waals surface area contributed by atoms with Gasteiger partial charge < -0.3 is 9.47 Å². The summed E-state index contributed by atoms with van der Waals surface area (Å²) >= 11 is 1.53. The van der Waals surface area contributed by atoms with Gasteiger partial charge in [-0.2, -0.15) is 0 Å². The highest BCUT2D eigenvalue weighted by molar-refractivity contribution is 7.13. The zero-order valence-electron chi connectivity index (χ0n) is 15.4. The highest BCUT2D eigenvalue weighted by atomic mass is 32.1. The van der Waals surface area contributed by atoms with E-state index in [1.807, 2.05) is 38.1 Å². The first-order chi connectivity index (χ1) is 12.5. The number of methoxy groups -OCH3 is 1. The molecular formula is C21H25N2O2S+. The molecule has 3 N–H and O–H groups in total. The van der Waals surface area contributed by atoms with Gasteiger partial charge in [-0.3, -0.25) is 5.73 Å². The third-order valence-electron chi connectivity index (χ3n) is 4.21. The monoisotopic (exact) mass is 369 g/mol. The van der Waals surface area contributed by atoms with Crippen molar-refractivity contribution in [3.63, 3.8) is 0 Å². The van der Waals surface area contributed by atoms with E-state index in [1.165, 1.54) is 22.5 Å². The van der Waals surface area contributed by atoms with Gasteiger partial charge in [0, 0.05) is 5.38 Å². The minimum atomic E-state index is 0.168. The average molecular weight is 370 g/mol. The van der Waals surface area contributed by atoms with Gasteiger partial charge in [-0.05, 0) is 55.7 Å². The molecule has 3 aromatic rings. The summed E-state index contributed by atoms with van der Waals surface area (Å²) < 4.78 is 11.0. The third-order valence-corrected chi connectivity index (χ3v) is 4.94. The Labute approximate surface area is 158 Å². The molecule has 0 aliphatic heterocycles. The molecule has 0 spiro atoms. The van der Waals surface area contributed by atoms with Crippen molar-refractivity contribution in [3.8, 4) is 11.5 Å². The Morgan fingerprint density at radius 3 is 2.19 bits per heavy atom. The van der Waals surface area contributed by atoms with Crippen LogP contribution < -0.4 is 20.2 Å². The van der Waals surface area contributed by atoms with Gasteiger partial charge in [-0.15, -0.1) is 0 Å². The van der Waals surface area contributed by atoms with Gasteiger partial charge in [0.15, 0.2) is 0 Å². The fraction of sp³-hybridized carbons (Fsp3) is 0.286. The van der Waals surface area contributed by atoms with E-state index in [9.17, 15) is 0 Å². The Balaban J connectivity index is 1.87. The molecule has 0 saturated carbocycles. The van der Waals surface area contributed by atoms with Gasteiger partial charge in [-0.25, -0.2) is 4.98 Å². The number of aromatic nitrogens is 1. The van der Waals surface area contributed by atoms with Gasteiger partial charge in [0.25, 0.3) is 0 Å². The minimum Gasteiger partial charge on any atom is -0.497 e. The predicted octanol–water partition coefficient (Wildman–Crippen LogP) is 4.31. The van der Waals surface area contributed by atoms with E-state index < -0.39 is 0 Å². The zero-order valence-corrected chi connectivity index (χ0v) is 16.2. The van der Waals surface area contributed by atoms with Crippen LogP contribution in [0.15, 0.2) is 53.9 Å². The van der Waals surface area contributed by atoms with Crippen molar-refractivity contribution in [2.24, 2.45) is 0 Å². The Morgan fingerprint density at radius 2 is 1.65 bits per heavy atom. The largest absolute Gasteiger partial charge is 0.497 e. The molecule has 1 atom stereocenters. The smallest absolute Gasteiger partial charge is 0.329 e. The van der Waals surface area contributed by atoms with Crippen LogP contribution in [-0.2, 0) is 6.42 Å². The molecule has 136 valence electrons. The standard InChI is InChI=1S/C21H24N2O2S/c1-14(2)25-18-10-6-16(7-11-18)19(20-13-26-21(22)23-20)12-15-4-8-17(24-3)9-5-15/h4-11,13-14,19H,12H2,1-3H3,(H2,22,23)/p+1. The summed E-state index contributed by atoms with van der Waals surface area (Å²) in [7, 11) is 1.68. The molecule has 0 aliphatic carbocycles. The highest BCUT2D eigenvalue weighted by Crippen LogP contribution is 2.30. The molecule has 0 saturated heterocycles. The molecule has 2 aromatic carbocycles. The summed E-state index contributed by atoms with van der Waals surface area (Å²) in [6, 6.07) is 16.5. The molecule has 3 rings (SSSR count). The molecule has 1 heterocycles. The van der Waals surface area contributed by atoms with E-state index in [2.05, 4.69) is 34.6 Å². The minimum absolute atomic E-state index is 0.168. The van der Waals surface area contributed by atoms with E-state index in [-0.39, 0.29) is 12.0 Å². The van der Waals surface area contributed by atoms with E-state index in [0.717, 1.165) is 28.7 Å². The van der Waals surface area contributed by atoms with Crippen LogP contribution in [0.2, 0.25) is 0 Å². The number of H-pyrrole nitrogens is 1. The Bertz CT molecular complexity index is 826. The lowest BCUT2D eigenvalue weighted by atomic mass is 9.89. The second-order valence-electron chi connectivity index (χ2n) is 6.52. The van der Waals surface area contributed by atoms with Crippen LogP contribution >= 0.6 is 11.3 Å². The lowest BCUT2D eigenvalue weighted by molar-refractivity contribution is -0.368. The fourth-order valence-electron chi connectivity index (χ4n) is 2.95. The van der Waals surface area contributed by atoms with E-state index >= 15 is 0 Å². The first-order valence-electron chi connectivity index (χ1n) is 8.71. The van der Waals surface area contributed by atoms with Crippen LogP contribution in [0, 0.1) is 0 Å². The predicted molar refractivity (Wildman–Crippen MR) is 106 cm³/mol. The summed E-state index contributed by atoms with van der Waals surface area (Å²) in [4.78, 5) is 3.30. The first kappa shape index (κ1) is 18.3. The maximum Gasteiger partial charge on any atom is 0.329 e. The summed E-state index contributed by atoms with van der Waals surface area (Å²) in [5, 5.41) is 2.82. The number of thiazole rings is 1. The summed E-state index contributed by atoms with van der Waals surface area (Å²) in [5.41, 5.74) is 9.53. The van der Waals surface area contributed by atoms with Crippen molar-refractivity contribution in [1.29, 1.82) is 0 Å². The number of aromatic amines is 1. The average Bonchev–Trinajstić information content (AvgIpc) is 3.07. The number of nitrogens with two attached hydrogens (primary N) is 1.